The van der Waals surface area contributed by atoms with E-state index in [4.69, 9.17) is 0 Å². The molecule has 1 unspecified atom stereocenters. The highest BCUT2D eigenvalue weighted by molar-refractivity contribution is 5.98. The summed E-state index contributed by atoms with van der Waals surface area (Å²) in [6, 6.07) is 8.16. The van der Waals surface area contributed by atoms with E-state index in [1.165, 1.54) is 25.9 Å². The molecule has 4 nitrogen and oxygen atoms in total. The highest BCUT2D eigenvalue weighted by Crippen LogP contribution is 2.27. The van der Waals surface area contributed by atoms with Crippen molar-refractivity contribution in [3.05, 3.63) is 36.0 Å². The lowest BCUT2D eigenvalue weighted by molar-refractivity contribution is 0.0620. The minimum absolute atomic E-state index is 0.0619. The van der Waals surface area contributed by atoms with Crippen LogP contribution in [0.3, 0.4) is 0 Å². The first kappa shape index (κ1) is 12.0. The van der Waals surface area contributed by atoms with Gasteiger partial charge in [-0.05, 0) is 56.1 Å². The molecule has 1 amide bonds. The Morgan fingerprint density at radius 3 is 2.85 bits per heavy atom. The van der Waals surface area contributed by atoms with Crippen LogP contribution in [-0.2, 0) is 0 Å². The molecular weight excluding hydrogens is 250 g/mol. The van der Waals surface area contributed by atoms with Gasteiger partial charge in [0.1, 0.15) is 0 Å². The van der Waals surface area contributed by atoms with Gasteiger partial charge in [-0.2, -0.15) is 0 Å². The first-order valence-electron chi connectivity index (χ1n) is 7.40. The molecule has 2 bridgehead atoms. The standard InChI is InChI=1S/C16H19N3O/c20-16(13-1-2-14-12(9-13)3-6-17-14)18-15-10-19-7-4-11(15)5-8-19/h1-3,6,9,11,15,17H,4-5,7-8,10H2,(H,18,20). The number of fused-ring (bicyclic) bond motifs is 4. The molecular formula is C16H19N3O. The topological polar surface area (TPSA) is 48.1 Å². The molecule has 3 aliphatic heterocycles. The fourth-order valence-corrected chi connectivity index (χ4v) is 3.57. The summed E-state index contributed by atoms with van der Waals surface area (Å²) < 4.78 is 0. The Balaban J connectivity index is 1.52. The van der Waals surface area contributed by atoms with Gasteiger partial charge in [0.15, 0.2) is 0 Å². The number of hydrogen-bond acceptors (Lipinski definition) is 2. The van der Waals surface area contributed by atoms with Gasteiger partial charge < -0.3 is 15.2 Å². The van der Waals surface area contributed by atoms with Gasteiger partial charge in [0, 0.05) is 35.2 Å². The van der Waals surface area contributed by atoms with Crippen molar-refractivity contribution in [2.75, 3.05) is 19.6 Å². The van der Waals surface area contributed by atoms with Gasteiger partial charge in [0.25, 0.3) is 5.91 Å². The molecule has 1 aromatic heterocycles. The molecule has 20 heavy (non-hydrogen) atoms. The number of carbonyl (C=O) groups excluding carboxylic acids is 1. The van der Waals surface area contributed by atoms with E-state index in [0.717, 1.165) is 23.0 Å². The van der Waals surface area contributed by atoms with Crippen molar-refractivity contribution in [1.82, 2.24) is 15.2 Å². The number of nitrogens with zero attached hydrogens (tertiary/aromatic N) is 1. The van der Waals surface area contributed by atoms with E-state index in [-0.39, 0.29) is 5.91 Å². The van der Waals surface area contributed by atoms with Gasteiger partial charge in [-0.3, -0.25) is 4.79 Å². The number of aromatic nitrogens is 1. The Labute approximate surface area is 118 Å². The van der Waals surface area contributed by atoms with Crippen LogP contribution in [0.2, 0.25) is 0 Å². The Kier molecular flexibility index (Phi) is 2.77. The van der Waals surface area contributed by atoms with Crippen LogP contribution in [0.5, 0.6) is 0 Å². The maximum absolute atomic E-state index is 12.4. The molecule has 0 radical (unpaired) electrons. The summed E-state index contributed by atoms with van der Waals surface area (Å²) in [6.45, 7) is 3.42. The zero-order chi connectivity index (χ0) is 13.5. The highest BCUT2D eigenvalue weighted by Gasteiger charge is 2.34. The van der Waals surface area contributed by atoms with Crippen molar-refractivity contribution >= 4 is 16.8 Å². The van der Waals surface area contributed by atoms with Crippen LogP contribution < -0.4 is 5.32 Å². The lowest BCUT2D eigenvalue weighted by Gasteiger charge is -2.44. The van der Waals surface area contributed by atoms with E-state index in [0.29, 0.717) is 12.0 Å². The molecule has 0 aliphatic carbocycles. The zero-order valence-electron chi connectivity index (χ0n) is 11.4. The summed E-state index contributed by atoms with van der Waals surface area (Å²) >= 11 is 0. The Hall–Kier alpha value is -1.81. The third-order valence-electron chi connectivity index (χ3n) is 4.79. The van der Waals surface area contributed by atoms with E-state index in [1.807, 2.05) is 30.5 Å². The van der Waals surface area contributed by atoms with Gasteiger partial charge >= 0.3 is 0 Å². The van der Waals surface area contributed by atoms with Crippen molar-refractivity contribution in [3.8, 4) is 0 Å². The number of carbonyl (C=O) groups is 1. The van der Waals surface area contributed by atoms with Gasteiger partial charge in [-0.15, -0.1) is 0 Å². The molecule has 1 aromatic carbocycles. The molecule has 1 atom stereocenters. The molecule has 5 rings (SSSR count). The summed E-state index contributed by atoms with van der Waals surface area (Å²) in [4.78, 5) is 18.0. The lowest BCUT2D eigenvalue weighted by Crippen LogP contribution is -2.57. The van der Waals surface area contributed by atoms with Crippen molar-refractivity contribution < 1.29 is 4.79 Å². The third kappa shape index (κ3) is 2.00. The molecule has 0 saturated carbocycles. The van der Waals surface area contributed by atoms with E-state index in [9.17, 15) is 4.79 Å². The largest absolute Gasteiger partial charge is 0.361 e. The Morgan fingerprint density at radius 1 is 1.25 bits per heavy atom. The van der Waals surface area contributed by atoms with Crippen LogP contribution in [0.15, 0.2) is 30.5 Å². The van der Waals surface area contributed by atoms with Crippen LogP contribution >= 0.6 is 0 Å². The van der Waals surface area contributed by atoms with Crippen molar-refractivity contribution in [2.24, 2.45) is 5.92 Å². The van der Waals surface area contributed by atoms with Gasteiger partial charge in [0.2, 0.25) is 0 Å². The number of piperidine rings is 3. The van der Waals surface area contributed by atoms with Gasteiger partial charge in [-0.25, -0.2) is 0 Å². The van der Waals surface area contributed by atoms with E-state index in [1.54, 1.807) is 0 Å². The SMILES string of the molecule is O=C(NC1CN2CCC1CC2)c1ccc2[nH]ccc2c1. The van der Waals surface area contributed by atoms with Gasteiger partial charge in [0.05, 0.1) is 0 Å². The molecule has 4 heteroatoms. The first-order valence-corrected chi connectivity index (χ1v) is 7.40. The molecule has 3 fully saturated rings. The second kappa shape index (κ2) is 4.63. The zero-order valence-corrected chi connectivity index (χ0v) is 11.4. The lowest BCUT2D eigenvalue weighted by atomic mass is 9.84. The van der Waals surface area contributed by atoms with Crippen LogP contribution in [-0.4, -0.2) is 41.5 Å². The average Bonchev–Trinajstić information content (AvgIpc) is 2.96. The quantitative estimate of drug-likeness (QED) is 0.876. The van der Waals surface area contributed by atoms with E-state index in [2.05, 4.69) is 15.2 Å². The number of rotatable bonds is 2. The molecule has 2 aromatic rings. The fourth-order valence-electron chi connectivity index (χ4n) is 3.57. The van der Waals surface area contributed by atoms with Crippen LogP contribution in [0, 0.1) is 5.92 Å². The summed E-state index contributed by atoms with van der Waals surface area (Å²) in [5, 5.41) is 4.32. The number of benzene rings is 1. The minimum Gasteiger partial charge on any atom is -0.361 e. The Morgan fingerprint density at radius 2 is 2.10 bits per heavy atom. The molecule has 104 valence electrons. The van der Waals surface area contributed by atoms with Gasteiger partial charge in [-0.1, -0.05) is 0 Å². The number of amides is 1. The van der Waals surface area contributed by atoms with Crippen LogP contribution in [0.25, 0.3) is 10.9 Å². The predicted octanol–water partition coefficient (Wildman–Crippen LogP) is 1.99. The third-order valence-corrected chi connectivity index (χ3v) is 4.79. The van der Waals surface area contributed by atoms with Crippen LogP contribution in [0.1, 0.15) is 23.2 Å². The van der Waals surface area contributed by atoms with E-state index < -0.39 is 0 Å². The summed E-state index contributed by atoms with van der Waals surface area (Å²) in [5.41, 5.74) is 1.83. The van der Waals surface area contributed by atoms with Crippen molar-refractivity contribution in [1.29, 1.82) is 0 Å². The summed E-state index contributed by atoms with van der Waals surface area (Å²) in [7, 11) is 0. The van der Waals surface area contributed by atoms with E-state index >= 15 is 0 Å². The van der Waals surface area contributed by atoms with Crippen LogP contribution in [0.4, 0.5) is 0 Å². The normalized spacial score (nSPS) is 28.7. The average molecular weight is 269 g/mol. The molecule has 4 heterocycles. The summed E-state index contributed by atoms with van der Waals surface area (Å²) in [5.74, 6) is 0.729. The number of H-pyrrole nitrogens is 1. The predicted molar refractivity (Wildman–Crippen MR) is 78.7 cm³/mol. The molecule has 2 N–H and O–H groups in total. The maximum Gasteiger partial charge on any atom is 0.251 e. The second-order valence-corrected chi connectivity index (χ2v) is 6.00. The molecule has 3 aliphatic rings. The number of aromatic amines is 1. The number of hydrogen-bond donors (Lipinski definition) is 2. The maximum atomic E-state index is 12.4. The smallest absolute Gasteiger partial charge is 0.251 e. The van der Waals surface area contributed by atoms with Crippen molar-refractivity contribution in [2.45, 2.75) is 18.9 Å². The fraction of sp³-hybridized carbons (Fsp3) is 0.438. The summed E-state index contributed by atoms with van der Waals surface area (Å²) in [6.07, 6.45) is 4.35. The molecule has 0 spiro atoms. The number of nitrogens with one attached hydrogen (secondary N) is 2. The monoisotopic (exact) mass is 269 g/mol. The van der Waals surface area contributed by atoms with Crippen molar-refractivity contribution in [3.63, 3.8) is 0 Å². The minimum atomic E-state index is 0.0619. The molecule has 3 saturated heterocycles. The Bertz CT molecular complexity index is 640. The highest BCUT2D eigenvalue weighted by atomic mass is 16.1. The first-order chi connectivity index (χ1) is 9.79. The second-order valence-electron chi connectivity index (χ2n) is 6.00.